The van der Waals surface area contributed by atoms with Gasteiger partial charge in [0.25, 0.3) is 0 Å². The van der Waals surface area contributed by atoms with Crippen molar-refractivity contribution in [3.63, 3.8) is 0 Å². The van der Waals surface area contributed by atoms with Crippen LogP contribution in [-0.4, -0.2) is 47.4 Å². The molecule has 1 amide bonds. The van der Waals surface area contributed by atoms with Crippen LogP contribution in [0.2, 0.25) is 0 Å². The highest BCUT2D eigenvalue weighted by Crippen LogP contribution is 2.24. The average molecular weight is 356 g/mol. The molecule has 0 aliphatic rings. The number of nitrogens with one attached hydrogen (secondary N) is 1. The highest BCUT2D eigenvalue weighted by molar-refractivity contribution is 7.15. The molecule has 132 valence electrons. The maximum Gasteiger partial charge on any atom is 0.226 e. The zero-order chi connectivity index (χ0) is 17.8. The molecular weight excluding hydrogens is 332 g/mol. The third-order valence-corrected chi connectivity index (χ3v) is 5.05. The first kappa shape index (κ1) is 17.6. The molecule has 0 unspecified atom stereocenters. The van der Waals surface area contributed by atoms with Crippen LogP contribution in [0.15, 0.2) is 35.8 Å². The number of fused-ring (bicyclic) bond motifs is 1. The number of imidazole rings is 1. The van der Waals surface area contributed by atoms with Gasteiger partial charge in [-0.15, -0.1) is 11.3 Å². The van der Waals surface area contributed by atoms with Gasteiger partial charge in [-0.3, -0.25) is 9.20 Å². The van der Waals surface area contributed by atoms with Crippen LogP contribution in [-0.2, 0) is 17.6 Å². The molecule has 25 heavy (non-hydrogen) atoms. The van der Waals surface area contributed by atoms with E-state index in [1.165, 1.54) is 5.56 Å². The molecule has 2 aromatic heterocycles. The van der Waals surface area contributed by atoms with Crippen molar-refractivity contribution < 1.29 is 4.79 Å². The van der Waals surface area contributed by atoms with Gasteiger partial charge in [0.05, 0.1) is 12.1 Å². The zero-order valence-electron chi connectivity index (χ0n) is 15.0. The second kappa shape index (κ2) is 7.80. The monoisotopic (exact) mass is 356 g/mol. The Morgan fingerprint density at radius 2 is 2.04 bits per heavy atom. The fourth-order valence-electron chi connectivity index (χ4n) is 2.65. The lowest BCUT2D eigenvalue weighted by molar-refractivity contribution is -0.120. The van der Waals surface area contributed by atoms with Crippen LogP contribution in [0.1, 0.15) is 18.2 Å². The summed E-state index contributed by atoms with van der Waals surface area (Å²) >= 11 is 1.57. The van der Waals surface area contributed by atoms with E-state index in [1.807, 2.05) is 30.1 Å². The predicted octanol–water partition coefficient (Wildman–Crippen LogP) is 2.85. The van der Waals surface area contributed by atoms with E-state index < -0.39 is 0 Å². The smallest absolute Gasteiger partial charge is 0.226 e. The Morgan fingerprint density at radius 1 is 1.28 bits per heavy atom. The van der Waals surface area contributed by atoms with Gasteiger partial charge < -0.3 is 10.2 Å². The van der Waals surface area contributed by atoms with Crippen LogP contribution in [0.5, 0.6) is 0 Å². The first-order valence-corrected chi connectivity index (χ1v) is 9.41. The quantitative estimate of drug-likeness (QED) is 0.708. The second-order valence-corrected chi connectivity index (χ2v) is 7.22. The highest BCUT2D eigenvalue weighted by Gasteiger charge is 2.12. The van der Waals surface area contributed by atoms with E-state index in [9.17, 15) is 4.79 Å². The molecule has 3 aromatic rings. The fourth-order valence-corrected chi connectivity index (χ4v) is 3.53. The minimum atomic E-state index is 0.0455. The number of carbonyl (C=O) groups is 1. The van der Waals surface area contributed by atoms with Crippen molar-refractivity contribution in [2.75, 3.05) is 27.2 Å². The number of likely N-dealkylation sites (N-methyl/N-ethyl adjacent to an activating group) is 1. The number of amides is 1. The largest absolute Gasteiger partial charge is 0.354 e. The fraction of sp³-hybridized carbons (Fsp3) is 0.368. The van der Waals surface area contributed by atoms with Crippen LogP contribution in [0.3, 0.4) is 0 Å². The second-order valence-electron chi connectivity index (χ2n) is 6.39. The normalized spacial score (nSPS) is 11.4. The van der Waals surface area contributed by atoms with Gasteiger partial charge >= 0.3 is 0 Å². The molecule has 5 nitrogen and oxygen atoms in total. The summed E-state index contributed by atoms with van der Waals surface area (Å²) in [6.45, 7) is 3.66. The summed E-state index contributed by atoms with van der Waals surface area (Å²) in [5, 5.41) is 4.97. The lowest BCUT2D eigenvalue weighted by Crippen LogP contribution is -2.32. The standard InChI is InChI=1S/C19H24N4OS/c1-4-14-5-7-15(8-6-14)17-12-23-16(13-25-19(23)21-17)11-18(24)20-9-10-22(2)3/h5-8,12-13H,4,9-11H2,1-3H3,(H,20,24). The Labute approximate surface area is 152 Å². The number of carbonyl (C=O) groups excluding carboxylic acids is 1. The molecule has 0 saturated carbocycles. The molecule has 0 radical (unpaired) electrons. The lowest BCUT2D eigenvalue weighted by atomic mass is 10.1. The Bertz CT molecular complexity index is 848. The van der Waals surface area contributed by atoms with E-state index in [2.05, 4.69) is 41.4 Å². The van der Waals surface area contributed by atoms with Gasteiger partial charge in [-0.05, 0) is 26.1 Å². The van der Waals surface area contributed by atoms with Crippen molar-refractivity contribution in [1.82, 2.24) is 19.6 Å². The van der Waals surface area contributed by atoms with Crippen LogP contribution in [0, 0.1) is 0 Å². The molecular formula is C19H24N4OS. The van der Waals surface area contributed by atoms with Crippen LogP contribution >= 0.6 is 11.3 Å². The predicted molar refractivity (Wildman–Crippen MR) is 103 cm³/mol. The van der Waals surface area contributed by atoms with Crippen molar-refractivity contribution in [1.29, 1.82) is 0 Å². The maximum atomic E-state index is 12.1. The first-order valence-electron chi connectivity index (χ1n) is 8.53. The van der Waals surface area contributed by atoms with Gasteiger partial charge in [0, 0.05) is 35.9 Å². The Balaban J connectivity index is 1.72. The van der Waals surface area contributed by atoms with Gasteiger partial charge in [0.2, 0.25) is 5.91 Å². The van der Waals surface area contributed by atoms with Gasteiger partial charge in [-0.25, -0.2) is 4.98 Å². The summed E-state index contributed by atoms with van der Waals surface area (Å²) in [5.74, 6) is 0.0455. The molecule has 0 aliphatic heterocycles. The van der Waals surface area contributed by atoms with Gasteiger partial charge in [-0.2, -0.15) is 0 Å². The first-order chi connectivity index (χ1) is 12.1. The molecule has 1 N–H and O–H groups in total. The molecule has 0 fully saturated rings. The summed E-state index contributed by atoms with van der Waals surface area (Å²) in [6.07, 6.45) is 3.43. The third kappa shape index (κ3) is 4.27. The zero-order valence-corrected chi connectivity index (χ0v) is 15.8. The maximum absolute atomic E-state index is 12.1. The van der Waals surface area contributed by atoms with Crippen LogP contribution < -0.4 is 5.32 Å². The van der Waals surface area contributed by atoms with E-state index in [4.69, 9.17) is 4.98 Å². The number of thiazole rings is 1. The molecule has 0 saturated heterocycles. The number of aryl methyl sites for hydroxylation is 1. The molecule has 3 rings (SSSR count). The van der Waals surface area contributed by atoms with E-state index >= 15 is 0 Å². The number of nitrogens with zero attached hydrogens (tertiary/aromatic N) is 3. The van der Waals surface area contributed by atoms with Gasteiger partial charge in [0.1, 0.15) is 0 Å². The van der Waals surface area contributed by atoms with Crippen molar-refractivity contribution in [2.24, 2.45) is 0 Å². The third-order valence-electron chi connectivity index (χ3n) is 4.16. The molecule has 0 aliphatic carbocycles. The van der Waals surface area contributed by atoms with Gasteiger partial charge in [0.15, 0.2) is 4.96 Å². The molecule has 0 atom stereocenters. The molecule has 2 heterocycles. The van der Waals surface area contributed by atoms with Crippen LogP contribution in [0.4, 0.5) is 0 Å². The summed E-state index contributed by atoms with van der Waals surface area (Å²) < 4.78 is 2.03. The Morgan fingerprint density at radius 3 is 2.72 bits per heavy atom. The number of aromatic nitrogens is 2. The van der Waals surface area contributed by atoms with Crippen molar-refractivity contribution in [3.05, 3.63) is 47.1 Å². The lowest BCUT2D eigenvalue weighted by Gasteiger charge is -2.10. The van der Waals surface area contributed by atoms with Crippen molar-refractivity contribution in [3.8, 4) is 11.3 Å². The number of benzene rings is 1. The Hall–Kier alpha value is -2.18. The number of hydrogen-bond acceptors (Lipinski definition) is 4. The number of hydrogen-bond donors (Lipinski definition) is 1. The summed E-state index contributed by atoms with van der Waals surface area (Å²) in [6, 6.07) is 8.50. The van der Waals surface area contributed by atoms with E-state index in [1.54, 1.807) is 11.3 Å². The molecule has 0 bridgehead atoms. The minimum Gasteiger partial charge on any atom is -0.354 e. The molecule has 0 spiro atoms. The van der Waals surface area contributed by atoms with Crippen molar-refractivity contribution in [2.45, 2.75) is 19.8 Å². The van der Waals surface area contributed by atoms with E-state index in [0.717, 1.165) is 34.9 Å². The summed E-state index contributed by atoms with van der Waals surface area (Å²) in [7, 11) is 3.99. The van der Waals surface area contributed by atoms with Crippen molar-refractivity contribution >= 4 is 22.2 Å². The molecule has 6 heteroatoms. The SMILES string of the molecule is CCc1ccc(-c2cn3c(CC(=O)NCCN(C)C)csc3n2)cc1. The van der Waals surface area contributed by atoms with E-state index in [0.29, 0.717) is 13.0 Å². The van der Waals surface area contributed by atoms with Crippen LogP contribution in [0.25, 0.3) is 16.2 Å². The summed E-state index contributed by atoms with van der Waals surface area (Å²) in [5.41, 5.74) is 4.35. The average Bonchev–Trinajstić information content (AvgIpc) is 3.17. The summed E-state index contributed by atoms with van der Waals surface area (Å²) in [4.78, 5) is 19.8. The highest BCUT2D eigenvalue weighted by atomic mass is 32.1. The number of rotatable bonds is 7. The molecule has 1 aromatic carbocycles. The minimum absolute atomic E-state index is 0.0455. The Kier molecular flexibility index (Phi) is 5.50. The van der Waals surface area contributed by atoms with Gasteiger partial charge in [-0.1, -0.05) is 31.2 Å². The van der Waals surface area contributed by atoms with E-state index in [-0.39, 0.29) is 5.91 Å². The topological polar surface area (TPSA) is 49.6 Å².